The van der Waals surface area contributed by atoms with Crippen molar-refractivity contribution in [3.05, 3.63) is 76.6 Å². The maximum atomic E-state index is 5.65. The molecule has 0 aliphatic carbocycles. The number of fused-ring (bicyclic) bond motifs is 3. The van der Waals surface area contributed by atoms with Crippen molar-refractivity contribution in [2.24, 2.45) is 0 Å². The minimum Gasteiger partial charge on any atom is -0.366 e. The Hall–Kier alpha value is -3.03. The number of anilines is 1. The monoisotopic (exact) mass is 403 g/mol. The molecule has 138 valence electrons. The summed E-state index contributed by atoms with van der Waals surface area (Å²) in [5.74, 6) is 0. The Labute approximate surface area is 170 Å². The fourth-order valence-electron chi connectivity index (χ4n) is 3.23. The summed E-state index contributed by atoms with van der Waals surface area (Å²) >= 11 is 7.27. The Morgan fingerprint density at radius 1 is 1.07 bits per heavy atom. The summed E-state index contributed by atoms with van der Waals surface area (Å²) in [5.41, 5.74) is 5.39. The molecule has 3 aromatic heterocycles. The summed E-state index contributed by atoms with van der Waals surface area (Å²) in [4.78, 5) is 5.56. The molecule has 0 amide bonds. The van der Waals surface area contributed by atoms with Gasteiger partial charge in [-0.25, -0.2) is 9.67 Å². The van der Waals surface area contributed by atoms with Gasteiger partial charge in [-0.05, 0) is 36.8 Å². The average Bonchev–Trinajstić information content (AvgIpc) is 3.30. The van der Waals surface area contributed by atoms with Crippen LogP contribution in [0.5, 0.6) is 0 Å². The SMILES string of the molecule is Cc1ccc(NCn2nc3c4c(-c5ccccc5)csc4ncn3c2=S)cc1. The zero-order valence-corrected chi connectivity index (χ0v) is 16.8. The predicted octanol–water partition coefficient (Wildman–Crippen LogP) is 5.52. The first-order valence-electron chi connectivity index (χ1n) is 8.92. The number of aromatic nitrogens is 4. The maximum Gasteiger partial charge on any atom is 0.205 e. The van der Waals surface area contributed by atoms with Crippen molar-refractivity contribution in [2.45, 2.75) is 13.6 Å². The maximum absolute atomic E-state index is 5.65. The Bertz CT molecular complexity index is 1330. The summed E-state index contributed by atoms with van der Waals surface area (Å²) in [5, 5.41) is 11.4. The van der Waals surface area contributed by atoms with Gasteiger partial charge in [0, 0.05) is 16.6 Å². The van der Waals surface area contributed by atoms with Crippen molar-refractivity contribution in [2.75, 3.05) is 5.32 Å². The zero-order valence-electron chi connectivity index (χ0n) is 15.2. The first kappa shape index (κ1) is 17.1. The molecule has 1 N–H and O–H groups in total. The van der Waals surface area contributed by atoms with Crippen molar-refractivity contribution in [1.29, 1.82) is 0 Å². The van der Waals surface area contributed by atoms with Crippen molar-refractivity contribution >= 4 is 45.1 Å². The predicted molar refractivity (Wildman–Crippen MR) is 117 cm³/mol. The van der Waals surface area contributed by atoms with E-state index < -0.39 is 0 Å². The van der Waals surface area contributed by atoms with E-state index in [1.54, 1.807) is 22.3 Å². The molecule has 0 spiro atoms. The van der Waals surface area contributed by atoms with E-state index in [1.807, 2.05) is 22.6 Å². The minimum atomic E-state index is 0.496. The molecule has 0 atom stereocenters. The number of rotatable bonds is 4. The minimum absolute atomic E-state index is 0.496. The topological polar surface area (TPSA) is 47.2 Å². The van der Waals surface area contributed by atoms with E-state index >= 15 is 0 Å². The van der Waals surface area contributed by atoms with Gasteiger partial charge in [-0.3, -0.25) is 4.40 Å². The van der Waals surface area contributed by atoms with Crippen LogP contribution in [0.15, 0.2) is 66.3 Å². The quantitative estimate of drug-likeness (QED) is 0.401. The highest BCUT2D eigenvalue weighted by Gasteiger charge is 2.15. The summed E-state index contributed by atoms with van der Waals surface area (Å²) in [6.07, 6.45) is 1.76. The van der Waals surface area contributed by atoms with Crippen LogP contribution in [0.2, 0.25) is 0 Å². The van der Waals surface area contributed by atoms with Crippen LogP contribution >= 0.6 is 23.6 Å². The highest BCUT2D eigenvalue weighted by molar-refractivity contribution is 7.71. The second kappa shape index (κ2) is 6.85. The Balaban J connectivity index is 1.60. The summed E-state index contributed by atoms with van der Waals surface area (Å²) in [6.45, 7) is 2.57. The number of nitrogens with one attached hydrogen (secondary N) is 1. The van der Waals surface area contributed by atoms with E-state index in [-0.39, 0.29) is 0 Å². The van der Waals surface area contributed by atoms with Crippen LogP contribution in [0.25, 0.3) is 27.0 Å². The summed E-state index contributed by atoms with van der Waals surface area (Å²) in [6, 6.07) is 18.6. The molecule has 28 heavy (non-hydrogen) atoms. The molecule has 7 heteroatoms. The third-order valence-corrected chi connectivity index (χ3v) is 6.02. The standard InChI is InChI=1S/C21H17N5S2/c1-14-7-9-16(10-8-14)22-13-26-21(27)25-12-23-20-18(19(25)24-26)17(11-28-20)15-5-3-2-4-6-15/h2-12,22H,13H2,1H3. The second-order valence-corrected chi connectivity index (χ2v) is 7.84. The third kappa shape index (κ3) is 2.89. The molecule has 5 aromatic rings. The highest BCUT2D eigenvalue weighted by atomic mass is 32.1. The van der Waals surface area contributed by atoms with Gasteiger partial charge in [0.2, 0.25) is 4.77 Å². The molecular weight excluding hydrogens is 386 g/mol. The first-order chi connectivity index (χ1) is 13.7. The number of nitrogens with zero attached hydrogens (tertiary/aromatic N) is 4. The van der Waals surface area contributed by atoms with Crippen molar-refractivity contribution < 1.29 is 0 Å². The molecule has 3 heterocycles. The summed E-state index contributed by atoms with van der Waals surface area (Å²) in [7, 11) is 0. The van der Waals surface area contributed by atoms with Crippen molar-refractivity contribution in [1.82, 2.24) is 19.2 Å². The number of thiophene rings is 1. The van der Waals surface area contributed by atoms with Crippen LogP contribution in [0, 0.1) is 11.7 Å². The van der Waals surface area contributed by atoms with Gasteiger partial charge in [-0.15, -0.1) is 16.4 Å². The molecule has 2 aromatic carbocycles. The van der Waals surface area contributed by atoms with E-state index in [4.69, 9.17) is 17.3 Å². The fourth-order valence-corrected chi connectivity index (χ4v) is 4.38. The second-order valence-electron chi connectivity index (χ2n) is 6.62. The van der Waals surface area contributed by atoms with E-state index in [0.717, 1.165) is 32.7 Å². The number of hydrogen-bond donors (Lipinski definition) is 1. The third-order valence-electron chi connectivity index (χ3n) is 4.73. The first-order valence-corrected chi connectivity index (χ1v) is 10.2. The Kier molecular flexibility index (Phi) is 4.18. The van der Waals surface area contributed by atoms with Crippen LogP contribution in [-0.4, -0.2) is 19.2 Å². The largest absolute Gasteiger partial charge is 0.366 e. The van der Waals surface area contributed by atoms with Crippen LogP contribution in [0.1, 0.15) is 5.56 Å². The summed E-state index contributed by atoms with van der Waals surface area (Å²) < 4.78 is 4.31. The molecule has 0 aliphatic rings. The van der Waals surface area contributed by atoms with Gasteiger partial charge in [0.1, 0.15) is 17.8 Å². The van der Waals surface area contributed by atoms with Crippen molar-refractivity contribution in [3.8, 4) is 11.1 Å². The van der Waals surface area contributed by atoms with Gasteiger partial charge in [-0.1, -0.05) is 48.0 Å². The van der Waals surface area contributed by atoms with E-state index in [1.165, 1.54) is 5.56 Å². The highest BCUT2D eigenvalue weighted by Crippen LogP contribution is 2.34. The molecule has 0 aliphatic heterocycles. The van der Waals surface area contributed by atoms with Gasteiger partial charge in [0.15, 0.2) is 5.65 Å². The molecule has 0 saturated heterocycles. The van der Waals surface area contributed by atoms with Gasteiger partial charge in [0.05, 0.1) is 5.39 Å². The smallest absolute Gasteiger partial charge is 0.205 e. The Morgan fingerprint density at radius 2 is 1.86 bits per heavy atom. The molecule has 0 radical (unpaired) electrons. The van der Waals surface area contributed by atoms with E-state index in [9.17, 15) is 0 Å². The van der Waals surface area contributed by atoms with E-state index in [0.29, 0.717) is 11.4 Å². The lowest BCUT2D eigenvalue weighted by Gasteiger charge is -2.06. The van der Waals surface area contributed by atoms with Gasteiger partial charge in [-0.2, -0.15) is 0 Å². The lowest BCUT2D eigenvalue weighted by molar-refractivity contribution is 0.660. The molecular formula is C21H17N5S2. The molecule has 0 unspecified atom stereocenters. The molecule has 5 nitrogen and oxygen atoms in total. The number of hydrogen-bond acceptors (Lipinski definition) is 5. The lowest BCUT2D eigenvalue weighted by Crippen LogP contribution is -2.09. The lowest BCUT2D eigenvalue weighted by atomic mass is 10.1. The zero-order chi connectivity index (χ0) is 19.1. The van der Waals surface area contributed by atoms with Gasteiger partial charge in [0.25, 0.3) is 0 Å². The van der Waals surface area contributed by atoms with E-state index in [2.05, 4.69) is 59.0 Å². The molecule has 0 saturated carbocycles. The molecule has 0 bridgehead atoms. The fraction of sp³-hybridized carbons (Fsp3) is 0.0952. The Morgan fingerprint density at radius 3 is 2.64 bits per heavy atom. The van der Waals surface area contributed by atoms with Crippen LogP contribution < -0.4 is 5.32 Å². The molecule has 5 rings (SSSR count). The average molecular weight is 404 g/mol. The van der Waals surface area contributed by atoms with Crippen LogP contribution in [-0.2, 0) is 6.67 Å². The van der Waals surface area contributed by atoms with Crippen molar-refractivity contribution in [3.63, 3.8) is 0 Å². The number of benzene rings is 2. The van der Waals surface area contributed by atoms with Gasteiger partial charge < -0.3 is 5.32 Å². The molecule has 0 fully saturated rings. The van der Waals surface area contributed by atoms with Gasteiger partial charge >= 0.3 is 0 Å². The van der Waals surface area contributed by atoms with Crippen LogP contribution in [0.4, 0.5) is 5.69 Å². The number of aryl methyl sites for hydroxylation is 1. The normalized spacial score (nSPS) is 11.3. The van der Waals surface area contributed by atoms with Crippen LogP contribution in [0.3, 0.4) is 0 Å².